The Labute approximate surface area is 125 Å². The predicted molar refractivity (Wildman–Crippen MR) is 82.1 cm³/mol. The molecule has 0 atom stereocenters. The monoisotopic (exact) mass is 316 g/mol. The number of nitrogens with one attached hydrogen (secondary N) is 2. The molecule has 0 aromatic heterocycles. The van der Waals surface area contributed by atoms with Gasteiger partial charge in [-0.25, -0.2) is 0 Å². The van der Waals surface area contributed by atoms with Gasteiger partial charge in [-0.1, -0.05) is 18.2 Å². The van der Waals surface area contributed by atoms with Gasteiger partial charge in [-0.15, -0.1) is 0 Å². The maximum absolute atomic E-state index is 11.5. The topological polar surface area (TPSA) is 95.5 Å². The van der Waals surface area contributed by atoms with Crippen LogP contribution in [0.1, 0.15) is 10.4 Å². The first-order valence-electron chi connectivity index (χ1n) is 5.44. The zero-order valence-electron chi connectivity index (χ0n) is 11.1. The van der Waals surface area contributed by atoms with Crippen LogP contribution in [-0.2, 0) is 15.6 Å². The highest BCUT2D eigenvalue weighted by atomic mass is 32.2. The lowest BCUT2D eigenvalue weighted by atomic mass is 10.2. The zero-order valence-corrected chi connectivity index (χ0v) is 12.7. The first-order chi connectivity index (χ1) is 9.32. The van der Waals surface area contributed by atoms with Gasteiger partial charge in [0.05, 0.1) is 0 Å². The molecule has 0 heterocycles. The molecule has 0 aliphatic heterocycles. The van der Waals surface area contributed by atoms with Crippen LogP contribution in [0.4, 0.5) is 0 Å². The number of hydrogen-bond acceptors (Lipinski definition) is 4. The van der Waals surface area contributed by atoms with Crippen molar-refractivity contribution in [1.29, 1.82) is 0 Å². The molecule has 8 heteroatoms. The Morgan fingerprint density at radius 2 is 1.75 bits per heavy atom. The van der Waals surface area contributed by atoms with Crippen LogP contribution in [0.5, 0.6) is 0 Å². The summed E-state index contributed by atoms with van der Waals surface area (Å²) >= 11 is 4.74. The summed E-state index contributed by atoms with van der Waals surface area (Å²) < 4.78 is 9.56. The minimum Gasteiger partial charge on any atom is -0.480 e. The van der Waals surface area contributed by atoms with Crippen LogP contribution < -0.4 is 10.6 Å². The average molecular weight is 316 g/mol. The molecular formula is C12H16N2O4S2. The Morgan fingerprint density at radius 3 is 2.20 bits per heavy atom. The molecule has 0 fully saturated rings. The second-order valence-corrected chi connectivity index (χ2v) is 5.53. The van der Waals surface area contributed by atoms with E-state index >= 15 is 0 Å². The van der Waals surface area contributed by atoms with Gasteiger partial charge < -0.3 is 10.4 Å². The van der Waals surface area contributed by atoms with Gasteiger partial charge in [0.15, 0.2) is 5.11 Å². The van der Waals surface area contributed by atoms with E-state index in [0.717, 1.165) is 0 Å². The van der Waals surface area contributed by atoms with Gasteiger partial charge in [-0.2, -0.15) is 0 Å². The predicted octanol–water partition coefficient (Wildman–Crippen LogP) is 0.370. The highest BCUT2D eigenvalue weighted by Crippen LogP contribution is 1.97. The molecule has 0 spiro atoms. The Hall–Kier alpha value is -1.80. The van der Waals surface area contributed by atoms with Crippen molar-refractivity contribution < 1.29 is 18.9 Å². The van der Waals surface area contributed by atoms with Crippen molar-refractivity contribution in [3.8, 4) is 0 Å². The first kappa shape index (κ1) is 18.2. The van der Waals surface area contributed by atoms with E-state index in [2.05, 4.69) is 10.6 Å². The number of rotatable bonds is 3. The minimum absolute atomic E-state index is 0.00347. The second-order valence-electron chi connectivity index (χ2n) is 3.64. The number of amides is 1. The molecule has 0 saturated carbocycles. The smallest absolute Gasteiger partial charge is 0.322 e. The van der Waals surface area contributed by atoms with Crippen LogP contribution in [-0.4, -0.2) is 45.4 Å². The number of carboxylic acids is 1. The van der Waals surface area contributed by atoms with Gasteiger partial charge in [0.25, 0.3) is 5.91 Å². The summed E-state index contributed by atoms with van der Waals surface area (Å²) in [5.74, 6) is -1.42. The normalized spacial score (nSPS) is 9.15. The van der Waals surface area contributed by atoms with E-state index in [9.17, 15) is 13.8 Å². The van der Waals surface area contributed by atoms with E-state index in [1.165, 1.54) is 0 Å². The third kappa shape index (κ3) is 10.2. The molecule has 0 saturated heterocycles. The fourth-order valence-corrected chi connectivity index (χ4v) is 1.13. The van der Waals surface area contributed by atoms with E-state index in [1.54, 1.807) is 42.8 Å². The first-order valence-corrected chi connectivity index (χ1v) is 7.81. The fraction of sp³-hybridized carbons (Fsp3) is 0.250. The molecule has 1 rings (SSSR count). The number of carboxylic acid groups (broad SMARTS) is 1. The Kier molecular flexibility index (Phi) is 9.14. The molecule has 3 N–H and O–H groups in total. The largest absolute Gasteiger partial charge is 0.480 e. The molecule has 6 nitrogen and oxygen atoms in total. The zero-order chi connectivity index (χ0) is 15.5. The van der Waals surface area contributed by atoms with Gasteiger partial charge in [0.2, 0.25) is 0 Å². The van der Waals surface area contributed by atoms with Crippen molar-refractivity contribution in [2.45, 2.75) is 0 Å². The molecule has 1 aromatic carbocycles. The van der Waals surface area contributed by atoms with Crippen molar-refractivity contribution >= 4 is 40.0 Å². The number of hydrogen-bond donors (Lipinski definition) is 3. The molecule has 1 aromatic rings. The average Bonchev–Trinajstić information content (AvgIpc) is 2.36. The van der Waals surface area contributed by atoms with Gasteiger partial charge >= 0.3 is 5.97 Å². The molecule has 0 aliphatic rings. The van der Waals surface area contributed by atoms with Crippen LogP contribution in [0, 0.1) is 0 Å². The van der Waals surface area contributed by atoms with Crippen molar-refractivity contribution in [2.75, 3.05) is 19.1 Å². The maximum atomic E-state index is 11.5. The van der Waals surface area contributed by atoms with Crippen LogP contribution in [0.2, 0.25) is 0 Å². The molecule has 0 unspecified atom stereocenters. The van der Waals surface area contributed by atoms with Crippen molar-refractivity contribution in [3.63, 3.8) is 0 Å². The van der Waals surface area contributed by atoms with Crippen LogP contribution >= 0.6 is 12.2 Å². The SMILES string of the molecule is CS(C)=O.O=C(O)CNC(=S)NC(=O)c1ccccc1. The van der Waals surface area contributed by atoms with Gasteiger partial charge in [-0.3, -0.25) is 19.1 Å². The van der Waals surface area contributed by atoms with Crippen molar-refractivity contribution in [2.24, 2.45) is 0 Å². The lowest BCUT2D eigenvalue weighted by Crippen LogP contribution is -2.41. The van der Waals surface area contributed by atoms with E-state index < -0.39 is 16.8 Å². The summed E-state index contributed by atoms with van der Waals surface area (Å²) in [6.45, 7) is -0.325. The Morgan fingerprint density at radius 1 is 1.25 bits per heavy atom. The van der Waals surface area contributed by atoms with E-state index in [4.69, 9.17) is 17.3 Å². The molecular weight excluding hydrogens is 300 g/mol. The summed E-state index contributed by atoms with van der Waals surface area (Å²) in [6.07, 6.45) is 3.28. The number of benzene rings is 1. The quantitative estimate of drug-likeness (QED) is 0.697. The van der Waals surface area contributed by atoms with Crippen molar-refractivity contribution in [3.05, 3.63) is 35.9 Å². The van der Waals surface area contributed by atoms with Crippen LogP contribution in [0.3, 0.4) is 0 Å². The number of aliphatic carboxylic acids is 1. The van der Waals surface area contributed by atoms with E-state index in [1.807, 2.05) is 0 Å². The van der Waals surface area contributed by atoms with Gasteiger partial charge in [-0.05, 0) is 24.4 Å². The standard InChI is InChI=1S/C10H10N2O3S.C2H6OS/c13-8(14)6-11-10(16)12-9(15)7-4-2-1-3-5-7;1-4(2)3/h1-5H,6H2,(H,13,14)(H2,11,12,15,16);1-2H3. The highest BCUT2D eigenvalue weighted by molar-refractivity contribution is 7.83. The Bertz CT molecular complexity index is 487. The lowest BCUT2D eigenvalue weighted by Gasteiger charge is -2.07. The van der Waals surface area contributed by atoms with Gasteiger partial charge in [0, 0.05) is 28.9 Å². The number of carbonyl (C=O) groups is 2. The lowest BCUT2D eigenvalue weighted by molar-refractivity contribution is -0.135. The van der Waals surface area contributed by atoms with Gasteiger partial charge in [0.1, 0.15) is 6.54 Å². The molecule has 0 radical (unpaired) electrons. The van der Waals surface area contributed by atoms with E-state index in [0.29, 0.717) is 5.56 Å². The molecule has 0 aliphatic carbocycles. The number of thiocarbonyl (C=S) groups is 1. The highest BCUT2D eigenvalue weighted by Gasteiger charge is 2.07. The second kappa shape index (κ2) is 10.0. The summed E-state index contributed by atoms with van der Waals surface area (Å²) in [6, 6.07) is 8.51. The maximum Gasteiger partial charge on any atom is 0.322 e. The van der Waals surface area contributed by atoms with E-state index in [-0.39, 0.29) is 17.6 Å². The molecule has 20 heavy (non-hydrogen) atoms. The third-order valence-corrected chi connectivity index (χ3v) is 1.91. The molecule has 1 amide bonds. The molecule has 110 valence electrons. The third-order valence-electron chi connectivity index (χ3n) is 1.66. The summed E-state index contributed by atoms with van der Waals surface area (Å²) in [7, 11) is -0.611. The fourth-order valence-electron chi connectivity index (χ4n) is 0.965. The van der Waals surface area contributed by atoms with Crippen molar-refractivity contribution in [1.82, 2.24) is 10.6 Å². The summed E-state index contributed by atoms with van der Waals surface area (Å²) in [5.41, 5.74) is 0.460. The van der Waals surface area contributed by atoms with Crippen LogP contribution in [0.25, 0.3) is 0 Å². The number of carbonyl (C=O) groups excluding carboxylic acids is 1. The minimum atomic E-state index is -1.05. The van der Waals surface area contributed by atoms with Crippen LogP contribution in [0.15, 0.2) is 30.3 Å². The molecule has 0 bridgehead atoms. The summed E-state index contributed by atoms with van der Waals surface area (Å²) in [4.78, 5) is 21.7. The Balaban J connectivity index is 0.000000796. The summed E-state index contributed by atoms with van der Waals surface area (Å²) in [5, 5.41) is 13.1.